The zero-order chi connectivity index (χ0) is 12.7. The third-order valence-corrected chi connectivity index (χ3v) is 2.98. The molecule has 0 saturated heterocycles. The van der Waals surface area contributed by atoms with Gasteiger partial charge >= 0.3 is 0 Å². The van der Waals surface area contributed by atoms with Gasteiger partial charge in [-0.2, -0.15) is 0 Å². The van der Waals surface area contributed by atoms with Crippen molar-refractivity contribution in [2.75, 3.05) is 0 Å². The van der Waals surface area contributed by atoms with Crippen molar-refractivity contribution in [3.63, 3.8) is 0 Å². The Balaban J connectivity index is 2.77. The van der Waals surface area contributed by atoms with Gasteiger partial charge in [0, 0.05) is 6.04 Å². The van der Waals surface area contributed by atoms with Crippen molar-refractivity contribution in [3.05, 3.63) is 35.9 Å². The van der Waals surface area contributed by atoms with Gasteiger partial charge in [-0.15, -0.1) is 6.42 Å². The molecule has 0 aliphatic heterocycles. The lowest BCUT2D eigenvalue weighted by Crippen LogP contribution is -2.34. The van der Waals surface area contributed by atoms with Gasteiger partial charge in [-0.05, 0) is 17.9 Å². The third-order valence-electron chi connectivity index (χ3n) is 2.98. The summed E-state index contributed by atoms with van der Waals surface area (Å²) in [6.45, 7) is 6.62. The summed E-state index contributed by atoms with van der Waals surface area (Å²) in [4.78, 5) is 0. The van der Waals surface area contributed by atoms with Crippen molar-refractivity contribution in [1.29, 1.82) is 0 Å². The number of nitrogens with one attached hydrogen (secondary N) is 1. The Morgan fingerprint density at radius 1 is 1.24 bits per heavy atom. The molecular weight excluding hydrogens is 206 g/mol. The minimum absolute atomic E-state index is 0.174. The van der Waals surface area contributed by atoms with Crippen LogP contribution >= 0.6 is 0 Å². The average molecular weight is 229 g/mol. The maximum atomic E-state index is 5.57. The van der Waals surface area contributed by atoms with Gasteiger partial charge in [0.1, 0.15) is 0 Å². The number of rotatable bonds is 6. The van der Waals surface area contributed by atoms with Crippen LogP contribution in [0, 0.1) is 18.3 Å². The number of benzene rings is 1. The van der Waals surface area contributed by atoms with Crippen LogP contribution in [0.1, 0.15) is 45.2 Å². The number of terminal acetylenes is 1. The lowest BCUT2D eigenvalue weighted by molar-refractivity contribution is 0.380. The number of hydrogen-bond donors (Lipinski definition) is 1. The largest absolute Gasteiger partial charge is 0.297 e. The van der Waals surface area contributed by atoms with Gasteiger partial charge in [0.25, 0.3) is 0 Å². The van der Waals surface area contributed by atoms with Gasteiger partial charge in [-0.25, -0.2) is 0 Å². The van der Waals surface area contributed by atoms with E-state index in [1.165, 1.54) is 5.56 Å². The summed E-state index contributed by atoms with van der Waals surface area (Å²) in [6.07, 6.45) is 7.72. The van der Waals surface area contributed by atoms with E-state index in [0.717, 1.165) is 12.8 Å². The van der Waals surface area contributed by atoms with E-state index in [2.05, 4.69) is 56.3 Å². The second kappa shape index (κ2) is 7.14. The lowest BCUT2D eigenvalue weighted by atomic mass is 9.95. The first kappa shape index (κ1) is 13.8. The minimum Gasteiger partial charge on any atom is -0.297 e. The van der Waals surface area contributed by atoms with E-state index in [-0.39, 0.29) is 6.04 Å². The van der Waals surface area contributed by atoms with Crippen LogP contribution in [0.25, 0.3) is 0 Å². The van der Waals surface area contributed by atoms with Crippen LogP contribution in [0.15, 0.2) is 30.3 Å². The molecule has 0 fully saturated rings. The van der Waals surface area contributed by atoms with Crippen LogP contribution in [0.3, 0.4) is 0 Å². The molecule has 0 heterocycles. The molecule has 2 atom stereocenters. The van der Waals surface area contributed by atoms with Crippen LogP contribution in [0.2, 0.25) is 0 Å². The molecule has 1 rings (SSSR count). The zero-order valence-corrected chi connectivity index (χ0v) is 11.1. The molecule has 0 aliphatic rings. The fraction of sp³-hybridized carbons (Fsp3) is 0.500. The Bertz CT molecular complexity index is 348. The van der Waals surface area contributed by atoms with Crippen molar-refractivity contribution >= 4 is 0 Å². The summed E-state index contributed by atoms with van der Waals surface area (Å²) < 4.78 is 0. The molecule has 1 nitrogen and oxygen atoms in total. The summed E-state index contributed by atoms with van der Waals surface area (Å²) in [5.41, 5.74) is 1.32. The average Bonchev–Trinajstić information content (AvgIpc) is 2.35. The van der Waals surface area contributed by atoms with E-state index in [1.54, 1.807) is 0 Å². The van der Waals surface area contributed by atoms with E-state index < -0.39 is 0 Å². The molecule has 17 heavy (non-hydrogen) atoms. The second-order valence-corrected chi connectivity index (χ2v) is 4.81. The van der Waals surface area contributed by atoms with Gasteiger partial charge in [-0.3, -0.25) is 5.32 Å². The SMILES string of the molecule is C#CC(CCC)NC(c1ccccc1)C(C)C. The van der Waals surface area contributed by atoms with Gasteiger partial charge in [0.05, 0.1) is 6.04 Å². The van der Waals surface area contributed by atoms with Crippen molar-refractivity contribution in [3.8, 4) is 12.3 Å². The third kappa shape index (κ3) is 4.24. The van der Waals surface area contributed by atoms with Gasteiger partial charge in [0.2, 0.25) is 0 Å². The predicted octanol–water partition coefficient (Wildman–Crippen LogP) is 3.78. The van der Waals surface area contributed by atoms with Crippen molar-refractivity contribution < 1.29 is 0 Å². The molecule has 1 N–H and O–H groups in total. The first-order chi connectivity index (χ1) is 8.19. The fourth-order valence-corrected chi connectivity index (χ4v) is 2.05. The maximum Gasteiger partial charge on any atom is 0.0691 e. The highest BCUT2D eigenvalue weighted by molar-refractivity contribution is 5.20. The Morgan fingerprint density at radius 2 is 1.88 bits per heavy atom. The minimum atomic E-state index is 0.174. The lowest BCUT2D eigenvalue weighted by Gasteiger charge is -2.26. The summed E-state index contributed by atoms with van der Waals surface area (Å²) in [6, 6.07) is 11.0. The van der Waals surface area contributed by atoms with Crippen LogP contribution in [-0.2, 0) is 0 Å². The normalized spacial score (nSPS) is 14.3. The monoisotopic (exact) mass is 229 g/mol. The number of hydrogen-bond acceptors (Lipinski definition) is 1. The first-order valence-corrected chi connectivity index (χ1v) is 6.46. The molecule has 1 heteroatoms. The van der Waals surface area contributed by atoms with Crippen LogP contribution in [-0.4, -0.2) is 6.04 Å². The highest BCUT2D eigenvalue weighted by Crippen LogP contribution is 2.22. The standard InChI is InChI=1S/C16H23N/c1-5-10-15(6-2)17-16(13(3)4)14-11-8-7-9-12-14/h2,7-9,11-13,15-17H,5,10H2,1,3-4H3. The molecule has 0 aromatic heterocycles. The summed E-state index contributed by atoms with van der Waals surface area (Å²) in [5, 5.41) is 3.58. The van der Waals surface area contributed by atoms with Crippen molar-refractivity contribution in [1.82, 2.24) is 5.32 Å². The van der Waals surface area contributed by atoms with Crippen LogP contribution < -0.4 is 5.32 Å². The molecule has 0 saturated carbocycles. The molecule has 0 spiro atoms. The molecule has 92 valence electrons. The quantitative estimate of drug-likeness (QED) is 0.732. The smallest absolute Gasteiger partial charge is 0.0691 e. The fourth-order valence-electron chi connectivity index (χ4n) is 2.05. The van der Waals surface area contributed by atoms with Crippen LogP contribution in [0.5, 0.6) is 0 Å². The van der Waals surface area contributed by atoms with E-state index >= 15 is 0 Å². The molecule has 0 amide bonds. The van der Waals surface area contributed by atoms with Gasteiger partial charge in [-0.1, -0.05) is 63.4 Å². The van der Waals surface area contributed by atoms with Crippen LogP contribution in [0.4, 0.5) is 0 Å². The Hall–Kier alpha value is -1.26. The van der Waals surface area contributed by atoms with E-state index in [4.69, 9.17) is 6.42 Å². The highest BCUT2D eigenvalue weighted by Gasteiger charge is 2.18. The van der Waals surface area contributed by atoms with Crippen molar-refractivity contribution in [2.24, 2.45) is 5.92 Å². The van der Waals surface area contributed by atoms with Gasteiger partial charge in [0.15, 0.2) is 0 Å². The second-order valence-electron chi connectivity index (χ2n) is 4.81. The predicted molar refractivity (Wildman–Crippen MR) is 74.7 cm³/mol. The zero-order valence-electron chi connectivity index (χ0n) is 11.1. The van der Waals surface area contributed by atoms with Crippen molar-refractivity contribution in [2.45, 2.75) is 45.7 Å². The molecule has 0 bridgehead atoms. The molecular formula is C16H23N. The Kier molecular flexibility index (Phi) is 5.80. The maximum absolute atomic E-state index is 5.57. The van der Waals surface area contributed by atoms with E-state index in [9.17, 15) is 0 Å². The Labute approximate surface area is 106 Å². The molecule has 0 radical (unpaired) electrons. The summed E-state index contributed by atoms with van der Waals surface area (Å²) >= 11 is 0. The van der Waals surface area contributed by atoms with E-state index in [1.807, 2.05) is 6.07 Å². The van der Waals surface area contributed by atoms with E-state index in [0.29, 0.717) is 12.0 Å². The topological polar surface area (TPSA) is 12.0 Å². The molecule has 1 aromatic rings. The van der Waals surface area contributed by atoms with Gasteiger partial charge < -0.3 is 0 Å². The molecule has 2 unspecified atom stereocenters. The summed E-state index contributed by atoms with van der Waals surface area (Å²) in [5.74, 6) is 3.38. The Morgan fingerprint density at radius 3 is 2.35 bits per heavy atom. The highest BCUT2D eigenvalue weighted by atomic mass is 14.9. The molecule has 1 aromatic carbocycles. The summed E-state index contributed by atoms with van der Waals surface area (Å²) in [7, 11) is 0. The molecule has 0 aliphatic carbocycles. The first-order valence-electron chi connectivity index (χ1n) is 6.46.